The Hall–Kier alpha value is -1.79. The van der Waals surface area contributed by atoms with Crippen molar-refractivity contribution in [3.05, 3.63) is 18.2 Å². The summed E-state index contributed by atoms with van der Waals surface area (Å²) in [6.45, 7) is 2.73. The number of nitrogens with one attached hydrogen (secondary N) is 1. The molecule has 4 rings (SSSR count). The zero-order valence-corrected chi connectivity index (χ0v) is 13.7. The molecule has 1 saturated carbocycles. The molecule has 1 aliphatic heterocycles. The van der Waals surface area contributed by atoms with Gasteiger partial charge in [0.15, 0.2) is 5.58 Å². The number of aromatic nitrogens is 1. The summed E-state index contributed by atoms with van der Waals surface area (Å²) in [5.74, 6) is 1.72. The summed E-state index contributed by atoms with van der Waals surface area (Å²) >= 11 is 0. The van der Waals surface area contributed by atoms with E-state index in [0.717, 1.165) is 50.6 Å². The standard InChI is InChI=1S/C18H24N2O4/c21-13-3-1-4-14(13)23-15-5-2-6-16-17(15)18(20-24-16)22-11-12-7-9-19-10-8-12/h2,5-6,12-14,19,21H,1,3-4,7-11H2/t13-,14+/m1/s1. The maximum Gasteiger partial charge on any atom is 0.265 e. The van der Waals surface area contributed by atoms with Gasteiger partial charge in [0.25, 0.3) is 5.88 Å². The molecule has 6 nitrogen and oxygen atoms in total. The Kier molecular flexibility index (Phi) is 4.58. The fourth-order valence-corrected chi connectivity index (χ4v) is 3.58. The SMILES string of the molecule is O[C@@H]1CCC[C@@H]1Oc1cccc2onc(OCC3CCNCC3)c12. The van der Waals surface area contributed by atoms with E-state index >= 15 is 0 Å². The quantitative estimate of drug-likeness (QED) is 0.876. The van der Waals surface area contributed by atoms with Crippen molar-refractivity contribution in [1.82, 2.24) is 10.5 Å². The second-order valence-corrected chi connectivity index (χ2v) is 6.78. The van der Waals surface area contributed by atoms with Gasteiger partial charge in [0.1, 0.15) is 17.2 Å². The lowest BCUT2D eigenvalue weighted by atomic mass is 9.99. The molecule has 0 unspecified atom stereocenters. The van der Waals surface area contributed by atoms with Crippen LogP contribution in [0.1, 0.15) is 32.1 Å². The van der Waals surface area contributed by atoms with E-state index in [0.29, 0.717) is 29.7 Å². The van der Waals surface area contributed by atoms with Crippen LogP contribution in [-0.2, 0) is 0 Å². The predicted molar refractivity (Wildman–Crippen MR) is 89.4 cm³/mol. The van der Waals surface area contributed by atoms with E-state index in [1.807, 2.05) is 18.2 Å². The summed E-state index contributed by atoms with van der Waals surface area (Å²) in [6, 6.07) is 5.63. The Morgan fingerprint density at radius 2 is 2.08 bits per heavy atom. The molecule has 2 fully saturated rings. The molecule has 6 heteroatoms. The minimum absolute atomic E-state index is 0.164. The third kappa shape index (κ3) is 3.21. The van der Waals surface area contributed by atoms with Crippen molar-refractivity contribution in [2.24, 2.45) is 5.92 Å². The normalized spacial score (nSPS) is 25.2. The smallest absolute Gasteiger partial charge is 0.265 e. The molecular formula is C18H24N2O4. The molecule has 1 saturated heterocycles. The number of ether oxygens (including phenoxy) is 2. The number of nitrogens with zero attached hydrogens (tertiary/aromatic N) is 1. The molecule has 1 aliphatic carbocycles. The van der Waals surface area contributed by atoms with Crippen LogP contribution in [0.3, 0.4) is 0 Å². The third-order valence-electron chi connectivity index (χ3n) is 5.04. The van der Waals surface area contributed by atoms with Gasteiger partial charge in [-0.15, -0.1) is 0 Å². The van der Waals surface area contributed by atoms with Gasteiger partial charge < -0.3 is 24.4 Å². The molecule has 0 bridgehead atoms. The van der Waals surface area contributed by atoms with E-state index in [4.69, 9.17) is 14.0 Å². The van der Waals surface area contributed by atoms with E-state index in [-0.39, 0.29) is 6.10 Å². The largest absolute Gasteiger partial charge is 0.487 e. The Balaban J connectivity index is 1.52. The minimum atomic E-state index is -0.403. The second kappa shape index (κ2) is 6.99. The van der Waals surface area contributed by atoms with Crippen LogP contribution in [0.25, 0.3) is 11.0 Å². The number of benzene rings is 1. The molecule has 2 heterocycles. The van der Waals surface area contributed by atoms with Crippen molar-refractivity contribution < 1.29 is 19.1 Å². The van der Waals surface area contributed by atoms with Crippen LogP contribution in [0.15, 0.2) is 22.7 Å². The number of piperidine rings is 1. The van der Waals surface area contributed by atoms with Crippen LogP contribution < -0.4 is 14.8 Å². The monoisotopic (exact) mass is 332 g/mol. The molecule has 2 N–H and O–H groups in total. The number of aliphatic hydroxyl groups is 1. The Bertz CT molecular complexity index is 681. The molecule has 0 radical (unpaired) electrons. The molecule has 24 heavy (non-hydrogen) atoms. The van der Waals surface area contributed by atoms with Crippen LogP contribution in [0.5, 0.6) is 11.6 Å². The van der Waals surface area contributed by atoms with E-state index < -0.39 is 6.10 Å². The van der Waals surface area contributed by atoms with Crippen LogP contribution in [-0.4, -0.2) is 42.2 Å². The van der Waals surface area contributed by atoms with Crippen LogP contribution in [0.4, 0.5) is 0 Å². The van der Waals surface area contributed by atoms with Crippen LogP contribution in [0, 0.1) is 5.92 Å². The first-order valence-electron chi connectivity index (χ1n) is 8.88. The first kappa shape index (κ1) is 15.7. The van der Waals surface area contributed by atoms with Gasteiger partial charge in [-0.05, 0) is 68.4 Å². The first-order valence-corrected chi connectivity index (χ1v) is 8.88. The van der Waals surface area contributed by atoms with Gasteiger partial charge in [0.05, 0.1) is 12.7 Å². The third-order valence-corrected chi connectivity index (χ3v) is 5.04. The molecule has 2 aliphatic rings. The number of aliphatic hydroxyl groups excluding tert-OH is 1. The average molecular weight is 332 g/mol. The molecule has 1 aromatic carbocycles. The zero-order chi connectivity index (χ0) is 16.4. The molecule has 0 spiro atoms. The second-order valence-electron chi connectivity index (χ2n) is 6.78. The summed E-state index contributed by atoms with van der Waals surface area (Å²) in [6.07, 6.45) is 4.32. The van der Waals surface area contributed by atoms with Gasteiger partial charge in [-0.25, -0.2) is 0 Å². The number of hydrogen-bond acceptors (Lipinski definition) is 6. The zero-order valence-electron chi connectivity index (χ0n) is 13.7. The molecule has 130 valence electrons. The van der Waals surface area contributed by atoms with Gasteiger partial charge in [-0.3, -0.25) is 0 Å². The molecule has 1 aromatic heterocycles. The van der Waals surface area contributed by atoms with Crippen molar-refractivity contribution in [1.29, 1.82) is 0 Å². The fraction of sp³-hybridized carbons (Fsp3) is 0.611. The number of fused-ring (bicyclic) bond motifs is 1. The van der Waals surface area contributed by atoms with Crippen molar-refractivity contribution in [2.45, 2.75) is 44.3 Å². The first-order chi connectivity index (χ1) is 11.8. The number of rotatable bonds is 5. The lowest BCUT2D eigenvalue weighted by Gasteiger charge is -2.22. The minimum Gasteiger partial charge on any atom is -0.487 e. The summed E-state index contributed by atoms with van der Waals surface area (Å²) in [4.78, 5) is 0. The van der Waals surface area contributed by atoms with Crippen molar-refractivity contribution in [3.63, 3.8) is 0 Å². The Morgan fingerprint density at radius 3 is 2.88 bits per heavy atom. The van der Waals surface area contributed by atoms with Crippen molar-refractivity contribution >= 4 is 11.0 Å². The highest BCUT2D eigenvalue weighted by atomic mass is 16.5. The van der Waals surface area contributed by atoms with Gasteiger partial charge >= 0.3 is 0 Å². The van der Waals surface area contributed by atoms with Gasteiger partial charge in [0, 0.05) is 0 Å². The maximum atomic E-state index is 10.0. The highest BCUT2D eigenvalue weighted by molar-refractivity contribution is 5.88. The summed E-state index contributed by atoms with van der Waals surface area (Å²) in [5.41, 5.74) is 0.653. The summed E-state index contributed by atoms with van der Waals surface area (Å²) in [7, 11) is 0. The maximum absolute atomic E-state index is 10.0. The Labute approximate surface area is 141 Å². The average Bonchev–Trinajstić information content (AvgIpc) is 3.21. The highest BCUT2D eigenvalue weighted by Crippen LogP contribution is 2.36. The van der Waals surface area contributed by atoms with Crippen LogP contribution in [0.2, 0.25) is 0 Å². The van der Waals surface area contributed by atoms with E-state index in [9.17, 15) is 5.11 Å². The molecule has 2 aromatic rings. The predicted octanol–water partition coefficient (Wildman–Crippen LogP) is 2.50. The van der Waals surface area contributed by atoms with Gasteiger partial charge in [-0.2, -0.15) is 0 Å². The summed E-state index contributed by atoms with van der Waals surface area (Å²) < 4.78 is 17.4. The van der Waals surface area contributed by atoms with E-state index in [1.165, 1.54) is 0 Å². The molecule has 0 amide bonds. The number of hydrogen-bond donors (Lipinski definition) is 2. The van der Waals surface area contributed by atoms with Gasteiger partial charge in [-0.1, -0.05) is 6.07 Å². The van der Waals surface area contributed by atoms with Gasteiger partial charge in [0.2, 0.25) is 0 Å². The van der Waals surface area contributed by atoms with E-state index in [2.05, 4.69) is 10.5 Å². The van der Waals surface area contributed by atoms with Crippen molar-refractivity contribution in [2.75, 3.05) is 19.7 Å². The van der Waals surface area contributed by atoms with E-state index in [1.54, 1.807) is 0 Å². The summed E-state index contributed by atoms with van der Waals surface area (Å²) in [5, 5.41) is 18.2. The lowest BCUT2D eigenvalue weighted by Crippen LogP contribution is -2.30. The fourth-order valence-electron chi connectivity index (χ4n) is 3.58. The van der Waals surface area contributed by atoms with Crippen molar-refractivity contribution in [3.8, 4) is 11.6 Å². The Morgan fingerprint density at radius 1 is 1.21 bits per heavy atom. The topological polar surface area (TPSA) is 76.8 Å². The van der Waals surface area contributed by atoms with Crippen LogP contribution >= 0.6 is 0 Å². The molecule has 2 atom stereocenters. The highest BCUT2D eigenvalue weighted by Gasteiger charge is 2.28. The molecular weight excluding hydrogens is 308 g/mol. The lowest BCUT2D eigenvalue weighted by molar-refractivity contribution is 0.0612.